The van der Waals surface area contributed by atoms with Gasteiger partial charge >= 0.3 is 6.18 Å². The zero-order chi connectivity index (χ0) is 19.6. The second-order valence-corrected chi connectivity index (χ2v) is 6.55. The molecule has 0 bridgehead atoms. The summed E-state index contributed by atoms with van der Waals surface area (Å²) in [6, 6.07) is 10.8. The Morgan fingerprint density at radius 2 is 1.93 bits per heavy atom. The molecule has 0 atom stereocenters. The molecule has 0 saturated carbocycles. The molecule has 27 heavy (non-hydrogen) atoms. The van der Waals surface area contributed by atoms with Crippen molar-refractivity contribution in [3.8, 4) is 0 Å². The highest BCUT2D eigenvalue weighted by Gasteiger charge is 2.34. The molecule has 0 aliphatic carbocycles. The van der Waals surface area contributed by atoms with E-state index in [9.17, 15) is 18.0 Å². The largest absolute Gasteiger partial charge is 0.416 e. The van der Waals surface area contributed by atoms with Crippen LogP contribution in [0.15, 0.2) is 54.1 Å². The number of alkyl halides is 3. The van der Waals surface area contributed by atoms with Gasteiger partial charge in [0.25, 0.3) is 0 Å². The molecule has 1 amide bonds. The van der Waals surface area contributed by atoms with Crippen LogP contribution in [0.5, 0.6) is 0 Å². The number of rotatable bonds is 4. The van der Waals surface area contributed by atoms with Gasteiger partial charge in [0, 0.05) is 11.4 Å². The average Bonchev–Trinajstić information content (AvgIpc) is 3.11. The predicted molar refractivity (Wildman–Crippen MR) is 99.6 cm³/mol. The standard InChI is InChI=1S/C20H16ClF3N2O/c1-2-13-3-5-14(6-4-13)18-9-10-26(25-18)19(27)12-15-11-16(21)7-8-17(15)20(22,23)24/h2-8,11H,1,9-10,12H2. The molecule has 0 unspecified atom stereocenters. The molecule has 0 N–H and O–H groups in total. The average molecular weight is 393 g/mol. The summed E-state index contributed by atoms with van der Waals surface area (Å²) in [6.45, 7) is 4.02. The second kappa shape index (κ2) is 7.56. The van der Waals surface area contributed by atoms with E-state index in [1.54, 1.807) is 6.08 Å². The summed E-state index contributed by atoms with van der Waals surface area (Å²) in [5, 5.41) is 5.66. The van der Waals surface area contributed by atoms with Gasteiger partial charge in [0.2, 0.25) is 5.91 Å². The third kappa shape index (κ3) is 4.39. The van der Waals surface area contributed by atoms with Crippen molar-refractivity contribution >= 4 is 29.3 Å². The summed E-state index contributed by atoms with van der Waals surface area (Å²) in [6.07, 6.45) is -2.70. The van der Waals surface area contributed by atoms with E-state index in [2.05, 4.69) is 11.7 Å². The molecular weight excluding hydrogens is 377 g/mol. The lowest BCUT2D eigenvalue weighted by molar-refractivity contribution is -0.138. The first-order valence-corrected chi connectivity index (χ1v) is 8.62. The molecule has 0 saturated heterocycles. The van der Waals surface area contributed by atoms with E-state index in [-0.39, 0.29) is 10.6 Å². The molecule has 2 aromatic carbocycles. The second-order valence-electron chi connectivity index (χ2n) is 6.12. The molecule has 1 aliphatic heterocycles. The van der Waals surface area contributed by atoms with Gasteiger partial charge in [-0.25, -0.2) is 5.01 Å². The number of carbonyl (C=O) groups is 1. The van der Waals surface area contributed by atoms with Crippen molar-refractivity contribution in [2.75, 3.05) is 6.54 Å². The monoisotopic (exact) mass is 392 g/mol. The van der Waals surface area contributed by atoms with E-state index in [0.717, 1.165) is 29.0 Å². The van der Waals surface area contributed by atoms with Gasteiger partial charge in [0.15, 0.2) is 0 Å². The van der Waals surface area contributed by atoms with Crippen LogP contribution in [0.4, 0.5) is 13.2 Å². The number of nitrogens with zero attached hydrogens (tertiary/aromatic N) is 2. The van der Waals surface area contributed by atoms with Crippen LogP contribution >= 0.6 is 11.6 Å². The van der Waals surface area contributed by atoms with Crippen molar-refractivity contribution in [3.63, 3.8) is 0 Å². The number of amides is 1. The van der Waals surface area contributed by atoms with Crippen molar-refractivity contribution in [1.82, 2.24) is 5.01 Å². The summed E-state index contributed by atoms with van der Waals surface area (Å²) < 4.78 is 39.5. The summed E-state index contributed by atoms with van der Waals surface area (Å²) in [5.74, 6) is -0.500. The summed E-state index contributed by atoms with van der Waals surface area (Å²) >= 11 is 5.81. The van der Waals surface area contributed by atoms with Gasteiger partial charge in [-0.3, -0.25) is 4.79 Å². The van der Waals surface area contributed by atoms with Crippen molar-refractivity contribution in [2.45, 2.75) is 19.0 Å². The Hall–Kier alpha value is -2.60. The van der Waals surface area contributed by atoms with Crippen molar-refractivity contribution in [1.29, 1.82) is 0 Å². The molecular formula is C20H16ClF3N2O. The first-order valence-electron chi connectivity index (χ1n) is 8.24. The molecule has 1 aliphatic rings. The number of hydrogen-bond donors (Lipinski definition) is 0. The number of halogens is 4. The Morgan fingerprint density at radius 1 is 1.22 bits per heavy atom. The quantitative estimate of drug-likeness (QED) is 0.705. The molecule has 7 heteroatoms. The van der Waals surface area contributed by atoms with E-state index < -0.39 is 24.1 Å². The van der Waals surface area contributed by atoms with Crippen LogP contribution in [0.25, 0.3) is 6.08 Å². The summed E-state index contributed by atoms with van der Waals surface area (Å²) in [5.41, 5.74) is 1.55. The lowest BCUT2D eigenvalue weighted by atomic mass is 10.0. The normalized spacial score (nSPS) is 14.2. The zero-order valence-corrected chi connectivity index (χ0v) is 15.0. The molecule has 2 aromatic rings. The smallest absolute Gasteiger partial charge is 0.273 e. The van der Waals surface area contributed by atoms with E-state index in [1.165, 1.54) is 11.1 Å². The van der Waals surface area contributed by atoms with E-state index >= 15 is 0 Å². The molecule has 140 valence electrons. The molecule has 3 rings (SSSR count). The topological polar surface area (TPSA) is 32.7 Å². The van der Waals surface area contributed by atoms with Crippen molar-refractivity contribution in [3.05, 3.63) is 76.3 Å². The Kier molecular flexibility index (Phi) is 5.37. The van der Waals surface area contributed by atoms with Gasteiger partial charge in [-0.05, 0) is 34.9 Å². The lowest BCUT2D eigenvalue weighted by Crippen LogP contribution is -2.26. The third-order valence-electron chi connectivity index (χ3n) is 4.28. The Labute approximate surface area is 159 Å². The number of hydrogen-bond acceptors (Lipinski definition) is 2. The highest BCUT2D eigenvalue weighted by molar-refractivity contribution is 6.30. The molecule has 0 fully saturated rings. The van der Waals surface area contributed by atoms with E-state index in [0.29, 0.717) is 13.0 Å². The maximum Gasteiger partial charge on any atom is 0.416 e. The van der Waals surface area contributed by atoms with E-state index in [1.807, 2.05) is 24.3 Å². The van der Waals surface area contributed by atoms with Crippen LogP contribution in [0.3, 0.4) is 0 Å². The molecule has 3 nitrogen and oxygen atoms in total. The molecule has 0 radical (unpaired) electrons. The summed E-state index contributed by atoms with van der Waals surface area (Å²) in [4.78, 5) is 12.5. The Bertz CT molecular complexity index is 904. The fourth-order valence-corrected chi connectivity index (χ4v) is 3.09. The maximum absolute atomic E-state index is 13.2. The van der Waals surface area contributed by atoms with Gasteiger partial charge in [-0.2, -0.15) is 18.3 Å². The van der Waals surface area contributed by atoms with Crippen LogP contribution in [-0.4, -0.2) is 23.2 Å². The van der Waals surface area contributed by atoms with Crippen LogP contribution in [0.2, 0.25) is 5.02 Å². The minimum absolute atomic E-state index is 0.152. The first-order chi connectivity index (χ1) is 12.8. The fraction of sp³-hybridized carbons (Fsp3) is 0.200. The van der Waals surface area contributed by atoms with Crippen LogP contribution in [0, 0.1) is 0 Å². The van der Waals surface area contributed by atoms with Crippen LogP contribution in [-0.2, 0) is 17.4 Å². The molecule has 0 aromatic heterocycles. The maximum atomic E-state index is 13.2. The Balaban J connectivity index is 1.78. The van der Waals surface area contributed by atoms with Gasteiger partial charge in [-0.15, -0.1) is 0 Å². The zero-order valence-electron chi connectivity index (χ0n) is 14.3. The predicted octanol–water partition coefficient (Wildman–Crippen LogP) is 5.18. The number of carbonyl (C=O) groups excluding carboxylic acids is 1. The highest BCUT2D eigenvalue weighted by Crippen LogP contribution is 2.34. The SMILES string of the molecule is C=Cc1ccc(C2=NN(C(=O)Cc3cc(Cl)ccc3C(F)(F)F)CC2)cc1. The molecule has 0 spiro atoms. The Morgan fingerprint density at radius 3 is 2.56 bits per heavy atom. The fourth-order valence-electron chi connectivity index (χ4n) is 2.89. The lowest BCUT2D eigenvalue weighted by Gasteiger charge is -2.15. The highest BCUT2D eigenvalue weighted by atomic mass is 35.5. The van der Waals surface area contributed by atoms with Gasteiger partial charge in [0.1, 0.15) is 0 Å². The minimum Gasteiger partial charge on any atom is -0.273 e. The van der Waals surface area contributed by atoms with Gasteiger partial charge in [0.05, 0.1) is 24.2 Å². The molecule has 1 heterocycles. The van der Waals surface area contributed by atoms with Crippen LogP contribution < -0.4 is 0 Å². The number of hydrazone groups is 1. The van der Waals surface area contributed by atoms with Gasteiger partial charge < -0.3 is 0 Å². The third-order valence-corrected chi connectivity index (χ3v) is 4.52. The first kappa shape index (κ1) is 19.2. The van der Waals surface area contributed by atoms with Gasteiger partial charge in [-0.1, -0.05) is 48.5 Å². The summed E-state index contributed by atoms with van der Waals surface area (Å²) in [7, 11) is 0. The van der Waals surface area contributed by atoms with E-state index in [4.69, 9.17) is 11.6 Å². The minimum atomic E-state index is -4.55. The van der Waals surface area contributed by atoms with Crippen molar-refractivity contribution < 1.29 is 18.0 Å². The van der Waals surface area contributed by atoms with Crippen molar-refractivity contribution in [2.24, 2.45) is 5.10 Å². The number of benzene rings is 2. The van der Waals surface area contributed by atoms with Crippen LogP contribution in [0.1, 0.15) is 28.7 Å².